The zero-order valence-corrected chi connectivity index (χ0v) is 12.0. The number of carboxylic acid groups (broad SMARTS) is 1. The van der Waals surface area contributed by atoms with Gasteiger partial charge in [-0.15, -0.1) is 0 Å². The third kappa shape index (κ3) is 3.50. The second kappa shape index (κ2) is 5.53. The molecule has 1 unspecified atom stereocenters. The average Bonchev–Trinajstić information content (AvgIpc) is 2.81. The summed E-state index contributed by atoms with van der Waals surface area (Å²) in [5, 5.41) is 13.3. The fourth-order valence-corrected chi connectivity index (χ4v) is 2.24. The number of hydrogen-bond donors (Lipinski definition) is 2. The van der Waals surface area contributed by atoms with Gasteiger partial charge in [-0.3, -0.25) is 4.79 Å². The molecule has 2 rings (SSSR count). The van der Waals surface area contributed by atoms with Crippen LogP contribution in [0.1, 0.15) is 27.2 Å². The molecule has 20 heavy (non-hydrogen) atoms. The van der Waals surface area contributed by atoms with Crippen molar-refractivity contribution in [2.75, 3.05) is 11.9 Å². The molecule has 0 saturated carbocycles. The molecule has 108 valence electrons. The van der Waals surface area contributed by atoms with Crippen molar-refractivity contribution in [3.8, 4) is 0 Å². The molecule has 0 aliphatic rings. The Hall–Kier alpha value is -2.04. The summed E-state index contributed by atoms with van der Waals surface area (Å²) in [5.41, 5.74) is 0.713. The van der Waals surface area contributed by atoms with E-state index >= 15 is 0 Å². The van der Waals surface area contributed by atoms with E-state index in [-0.39, 0.29) is 5.41 Å². The number of aliphatic carboxylic acids is 1. The van der Waals surface area contributed by atoms with E-state index in [0.29, 0.717) is 18.8 Å². The van der Waals surface area contributed by atoms with Gasteiger partial charge in [-0.2, -0.15) is 0 Å². The highest BCUT2D eigenvalue weighted by Crippen LogP contribution is 2.26. The van der Waals surface area contributed by atoms with E-state index in [4.69, 9.17) is 4.42 Å². The molecule has 0 saturated heterocycles. The van der Waals surface area contributed by atoms with Crippen LogP contribution in [0.4, 0.5) is 5.82 Å². The van der Waals surface area contributed by atoms with Crippen molar-refractivity contribution in [1.82, 2.24) is 4.98 Å². The minimum atomic E-state index is -0.785. The first-order valence-electron chi connectivity index (χ1n) is 6.66. The van der Waals surface area contributed by atoms with Gasteiger partial charge in [-0.05, 0) is 24.0 Å². The number of hydrogen-bond acceptors (Lipinski definition) is 4. The molecule has 5 nitrogen and oxygen atoms in total. The van der Waals surface area contributed by atoms with Crippen LogP contribution in [-0.2, 0) is 4.79 Å². The van der Waals surface area contributed by atoms with Gasteiger partial charge in [0.2, 0.25) is 0 Å². The molecule has 0 aromatic carbocycles. The number of nitrogens with zero attached hydrogens (tertiary/aromatic N) is 1. The summed E-state index contributed by atoms with van der Waals surface area (Å²) >= 11 is 0. The lowest BCUT2D eigenvalue weighted by Crippen LogP contribution is -2.27. The summed E-state index contributed by atoms with van der Waals surface area (Å²) < 4.78 is 5.30. The van der Waals surface area contributed by atoms with Gasteiger partial charge in [0.05, 0.1) is 17.6 Å². The molecular formula is C15H20N2O3. The summed E-state index contributed by atoms with van der Waals surface area (Å²) in [5.74, 6) is -0.567. The highest BCUT2D eigenvalue weighted by molar-refractivity contribution is 5.88. The van der Waals surface area contributed by atoms with E-state index in [0.717, 1.165) is 11.0 Å². The van der Waals surface area contributed by atoms with Crippen LogP contribution in [0, 0.1) is 11.3 Å². The zero-order chi connectivity index (χ0) is 14.8. The van der Waals surface area contributed by atoms with Gasteiger partial charge in [-0.1, -0.05) is 20.8 Å². The van der Waals surface area contributed by atoms with Crippen molar-refractivity contribution < 1.29 is 14.3 Å². The van der Waals surface area contributed by atoms with Crippen LogP contribution in [0.3, 0.4) is 0 Å². The molecule has 0 aliphatic carbocycles. The van der Waals surface area contributed by atoms with Gasteiger partial charge in [0, 0.05) is 12.7 Å². The normalized spacial score (nSPS) is 13.3. The predicted octanol–water partition coefficient (Wildman–Crippen LogP) is 3.38. The minimum Gasteiger partial charge on any atom is -0.481 e. The summed E-state index contributed by atoms with van der Waals surface area (Å²) in [6.45, 7) is 6.47. The third-order valence-electron chi connectivity index (χ3n) is 3.10. The molecule has 5 heteroatoms. The largest absolute Gasteiger partial charge is 0.481 e. The fourth-order valence-electron chi connectivity index (χ4n) is 2.24. The molecule has 2 heterocycles. The topological polar surface area (TPSA) is 75.4 Å². The Morgan fingerprint density at radius 3 is 2.85 bits per heavy atom. The zero-order valence-electron chi connectivity index (χ0n) is 12.0. The van der Waals surface area contributed by atoms with Crippen LogP contribution < -0.4 is 5.32 Å². The number of nitrogens with one attached hydrogen (secondary N) is 1. The molecule has 0 spiro atoms. The van der Waals surface area contributed by atoms with Gasteiger partial charge >= 0.3 is 5.97 Å². The number of anilines is 1. The van der Waals surface area contributed by atoms with Crippen molar-refractivity contribution in [1.29, 1.82) is 0 Å². The Labute approximate surface area is 118 Å². The van der Waals surface area contributed by atoms with Crippen LogP contribution in [-0.4, -0.2) is 22.6 Å². The van der Waals surface area contributed by atoms with Crippen molar-refractivity contribution in [2.45, 2.75) is 27.2 Å². The second-order valence-electron chi connectivity index (χ2n) is 6.17. The van der Waals surface area contributed by atoms with Crippen molar-refractivity contribution in [2.24, 2.45) is 11.3 Å². The molecule has 2 aromatic rings. The van der Waals surface area contributed by atoms with E-state index in [2.05, 4.69) is 10.3 Å². The average molecular weight is 276 g/mol. The van der Waals surface area contributed by atoms with Crippen molar-refractivity contribution >= 4 is 22.8 Å². The summed E-state index contributed by atoms with van der Waals surface area (Å²) in [4.78, 5) is 15.6. The van der Waals surface area contributed by atoms with Crippen LogP contribution in [0.2, 0.25) is 0 Å². The molecule has 0 bridgehead atoms. The Balaban J connectivity index is 2.09. The fraction of sp³-hybridized carbons (Fsp3) is 0.467. The number of rotatable bonds is 5. The molecule has 2 N–H and O–H groups in total. The maximum Gasteiger partial charge on any atom is 0.308 e. The lowest BCUT2D eigenvalue weighted by molar-refractivity contribution is -0.142. The van der Waals surface area contributed by atoms with Crippen LogP contribution in [0.15, 0.2) is 29.0 Å². The lowest BCUT2D eigenvalue weighted by Gasteiger charge is -2.23. The second-order valence-corrected chi connectivity index (χ2v) is 6.17. The SMILES string of the molecule is CC(C)(C)CC(CNc1nccc2occc12)C(=O)O. The minimum absolute atomic E-state index is 0.0280. The summed E-state index contributed by atoms with van der Waals surface area (Å²) in [6.07, 6.45) is 3.85. The van der Waals surface area contributed by atoms with Gasteiger partial charge in [0.25, 0.3) is 0 Å². The molecular weight excluding hydrogens is 256 g/mol. The Kier molecular flexibility index (Phi) is 3.97. The Morgan fingerprint density at radius 1 is 1.45 bits per heavy atom. The smallest absolute Gasteiger partial charge is 0.308 e. The lowest BCUT2D eigenvalue weighted by atomic mass is 9.84. The first kappa shape index (κ1) is 14.4. The number of furan rings is 1. The van der Waals surface area contributed by atoms with Crippen LogP contribution in [0.25, 0.3) is 11.0 Å². The quantitative estimate of drug-likeness (QED) is 0.875. The monoisotopic (exact) mass is 276 g/mol. The molecule has 0 radical (unpaired) electrons. The van der Waals surface area contributed by atoms with E-state index in [1.54, 1.807) is 18.5 Å². The molecule has 0 amide bonds. The molecule has 2 aromatic heterocycles. The van der Waals surface area contributed by atoms with Gasteiger partial charge in [0.15, 0.2) is 0 Å². The first-order chi connectivity index (χ1) is 9.37. The number of carboxylic acids is 1. The predicted molar refractivity (Wildman–Crippen MR) is 77.7 cm³/mol. The van der Waals surface area contributed by atoms with E-state index < -0.39 is 11.9 Å². The summed E-state index contributed by atoms with van der Waals surface area (Å²) in [7, 11) is 0. The highest BCUT2D eigenvalue weighted by Gasteiger charge is 2.24. The Bertz CT molecular complexity index is 598. The van der Waals surface area contributed by atoms with E-state index in [1.807, 2.05) is 26.8 Å². The number of carbonyl (C=O) groups is 1. The maximum atomic E-state index is 11.3. The maximum absolute atomic E-state index is 11.3. The number of aromatic nitrogens is 1. The third-order valence-corrected chi connectivity index (χ3v) is 3.10. The van der Waals surface area contributed by atoms with Crippen LogP contribution >= 0.6 is 0 Å². The first-order valence-corrected chi connectivity index (χ1v) is 6.66. The molecule has 0 aliphatic heterocycles. The van der Waals surface area contributed by atoms with Gasteiger partial charge in [0.1, 0.15) is 11.4 Å². The van der Waals surface area contributed by atoms with Gasteiger partial charge in [-0.25, -0.2) is 4.98 Å². The number of fused-ring (bicyclic) bond motifs is 1. The number of pyridine rings is 1. The Morgan fingerprint density at radius 2 is 2.20 bits per heavy atom. The van der Waals surface area contributed by atoms with Gasteiger partial charge < -0.3 is 14.8 Å². The summed E-state index contributed by atoms with van der Waals surface area (Å²) in [6, 6.07) is 3.61. The van der Waals surface area contributed by atoms with Crippen molar-refractivity contribution in [3.63, 3.8) is 0 Å². The highest BCUT2D eigenvalue weighted by atomic mass is 16.4. The van der Waals surface area contributed by atoms with E-state index in [9.17, 15) is 9.90 Å². The van der Waals surface area contributed by atoms with Crippen LogP contribution in [0.5, 0.6) is 0 Å². The standard InChI is InChI=1S/C15H20N2O3/c1-15(2,3)8-10(14(18)19)9-17-13-11-5-7-20-12(11)4-6-16-13/h4-7,10H,8-9H2,1-3H3,(H,16,17)(H,18,19). The molecule has 0 fully saturated rings. The molecule has 1 atom stereocenters. The van der Waals surface area contributed by atoms with E-state index in [1.165, 1.54) is 0 Å². The van der Waals surface area contributed by atoms with Crippen molar-refractivity contribution in [3.05, 3.63) is 24.6 Å².